The number of para-hydroxylation sites is 2. The minimum absolute atomic E-state index is 0.134. The zero-order valence-electron chi connectivity index (χ0n) is 18.2. The zero-order valence-corrected chi connectivity index (χ0v) is 18.9. The lowest BCUT2D eigenvalue weighted by Gasteiger charge is -2.12. The Bertz CT molecular complexity index is 1260. The second-order valence-electron chi connectivity index (χ2n) is 7.30. The van der Waals surface area contributed by atoms with E-state index < -0.39 is 5.91 Å². The number of aryl methyl sites for hydroxylation is 2. The lowest BCUT2D eigenvalue weighted by Crippen LogP contribution is -2.21. The van der Waals surface area contributed by atoms with Crippen LogP contribution < -0.4 is 15.4 Å². The molecule has 3 aromatic rings. The molecule has 0 spiro atoms. The van der Waals surface area contributed by atoms with Crippen LogP contribution in [0.5, 0.6) is 5.75 Å². The Balaban J connectivity index is 1.72. The van der Waals surface area contributed by atoms with Gasteiger partial charge in [0.15, 0.2) is 6.61 Å². The summed E-state index contributed by atoms with van der Waals surface area (Å²) in [7, 11) is 0. The predicted octanol–water partition coefficient (Wildman–Crippen LogP) is 5.52. The van der Waals surface area contributed by atoms with Gasteiger partial charge in [-0.05, 0) is 55.3 Å². The van der Waals surface area contributed by atoms with E-state index in [9.17, 15) is 14.9 Å². The molecule has 6 nitrogen and oxygen atoms in total. The number of nitriles is 1. The van der Waals surface area contributed by atoms with Gasteiger partial charge in [-0.15, -0.1) is 0 Å². The molecule has 0 aliphatic rings. The molecule has 2 N–H and O–H groups in total. The number of carbonyl (C=O) groups excluding carboxylic acids is 2. The van der Waals surface area contributed by atoms with E-state index in [1.54, 1.807) is 48.5 Å². The van der Waals surface area contributed by atoms with E-state index in [-0.39, 0.29) is 18.1 Å². The Morgan fingerprint density at radius 1 is 1.00 bits per heavy atom. The number of amides is 2. The number of nitrogens with zero attached hydrogens (tertiary/aromatic N) is 1. The first kappa shape index (κ1) is 23.6. The molecule has 0 saturated carbocycles. The lowest BCUT2D eigenvalue weighted by molar-refractivity contribution is -0.118. The SMILES string of the molecule is Cc1ccc(C)c(NC(=O)COc2ccccc2/C=C(\C#N)C(=O)Nc2ccccc2Cl)c1. The summed E-state index contributed by atoms with van der Waals surface area (Å²) in [6.07, 6.45) is 1.41. The van der Waals surface area contributed by atoms with Gasteiger partial charge in [-0.25, -0.2) is 0 Å². The number of carbonyl (C=O) groups is 2. The first-order valence-electron chi connectivity index (χ1n) is 10.1. The van der Waals surface area contributed by atoms with Gasteiger partial charge in [-0.1, -0.05) is 54.1 Å². The van der Waals surface area contributed by atoms with Crippen LogP contribution in [0.1, 0.15) is 16.7 Å². The smallest absolute Gasteiger partial charge is 0.266 e. The predicted molar refractivity (Wildman–Crippen MR) is 130 cm³/mol. The summed E-state index contributed by atoms with van der Waals surface area (Å²) in [6, 6.07) is 21.3. The molecule has 0 bridgehead atoms. The van der Waals surface area contributed by atoms with E-state index in [4.69, 9.17) is 16.3 Å². The van der Waals surface area contributed by atoms with Crippen LogP contribution in [0.3, 0.4) is 0 Å². The van der Waals surface area contributed by atoms with E-state index in [1.165, 1.54) is 6.08 Å². The van der Waals surface area contributed by atoms with Crippen molar-refractivity contribution in [3.8, 4) is 11.8 Å². The van der Waals surface area contributed by atoms with Gasteiger partial charge in [0.2, 0.25) is 0 Å². The second kappa shape index (κ2) is 11.0. The summed E-state index contributed by atoms with van der Waals surface area (Å²) in [4.78, 5) is 25.0. The Morgan fingerprint density at radius 2 is 1.73 bits per heavy atom. The molecule has 0 aliphatic heterocycles. The van der Waals surface area contributed by atoms with E-state index in [2.05, 4.69) is 10.6 Å². The molecule has 0 unspecified atom stereocenters. The molecule has 0 atom stereocenters. The van der Waals surface area contributed by atoms with E-state index in [0.717, 1.165) is 16.8 Å². The van der Waals surface area contributed by atoms with E-state index >= 15 is 0 Å². The number of nitrogens with one attached hydrogen (secondary N) is 2. The molecule has 0 heterocycles. The van der Waals surface area contributed by atoms with Crippen molar-refractivity contribution in [1.82, 2.24) is 0 Å². The molecule has 7 heteroatoms. The molecule has 2 amide bonds. The van der Waals surface area contributed by atoms with Crippen LogP contribution in [0.2, 0.25) is 5.02 Å². The topological polar surface area (TPSA) is 91.2 Å². The maximum Gasteiger partial charge on any atom is 0.266 e. The van der Waals surface area contributed by atoms with E-state index in [0.29, 0.717) is 22.0 Å². The standard InChI is InChI=1S/C26H22ClN3O3/c1-17-11-12-18(2)23(13-17)29-25(31)16-33-24-10-6-3-7-19(24)14-20(15-28)26(32)30-22-9-5-4-8-21(22)27/h3-14H,16H2,1-2H3,(H,29,31)(H,30,32)/b20-14+. The highest BCUT2D eigenvalue weighted by Crippen LogP contribution is 2.24. The normalized spacial score (nSPS) is 10.8. The number of halogens is 1. The number of anilines is 2. The van der Waals surface area contributed by atoms with Crippen molar-refractivity contribution < 1.29 is 14.3 Å². The van der Waals surface area contributed by atoms with Crippen molar-refractivity contribution in [2.75, 3.05) is 17.2 Å². The zero-order chi connectivity index (χ0) is 23.8. The van der Waals surface area contributed by atoms with E-state index in [1.807, 2.05) is 38.1 Å². The Morgan fingerprint density at radius 3 is 2.48 bits per heavy atom. The molecule has 3 rings (SSSR count). The summed E-state index contributed by atoms with van der Waals surface area (Å²) < 4.78 is 5.68. The van der Waals surface area contributed by atoms with Crippen molar-refractivity contribution >= 4 is 40.9 Å². The van der Waals surface area contributed by atoms with Crippen LogP contribution in [0, 0.1) is 25.2 Å². The van der Waals surface area contributed by atoms with Crippen LogP contribution in [0.25, 0.3) is 6.08 Å². The van der Waals surface area contributed by atoms with Crippen LogP contribution in [-0.2, 0) is 9.59 Å². The molecular formula is C26H22ClN3O3. The van der Waals surface area contributed by atoms with Crippen LogP contribution in [-0.4, -0.2) is 18.4 Å². The van der Waals surface area contributed by atoms with Crippen molar-refractivity contribution in [2.24, 2.45) is 0 Å². The Hall–Kier alpha value is -4.08. The second-order valence-corrected chi connectivity index (χ2v) is 7.70. The summed E-state index contributed by atoms with van der Waals surface area (Å²) in [5.41, 5.74) is 3.46. The van der Waals surface area contributed by atoms with Crippen LogP contribution >= 0.6 is 11.6 Å². The molecule has 0 fully saturated rings. The van der Waals surface area contributed by atoms with Gasteiger partial charge < -0.3 is 15.4 Å². The van der Waals surface area contributed by atoms with Crippen molar-refractivity contribution in [3.05, 3.63) is 94.0 Å². The van der Waals surface area contributed by atoms with Crippen molar-refractivity contribution in [2.45, 2.75) is 13.8 Å². The van der Waals surface area contributed by atoms with Gasteiger partial charge >= 0.3 is 0 Å². The number of hydrogen-bond acceptors (Lipinski definition) is 4. The van der Waals surface area contributed by atoms with Gasteiger partial charge in [-0.3, -0.25) is 9.59 Å². The minimum Gasteiger partial charge on any atom is -0.483 e. The molecule has 33 heavy (non-hydrogen) atoms. The minimum atomic E-state index is -0.604. The average molecular weight is 460 g/mol. The molecule has 0 aromatic heterocycles. The highest BCUT2D eigenvalue weighted by molar-refractivity contribution is 6.34. The highest BCUT2D eigenvalue weighted by Gasteiger charge is 2.13. The van der Waals surface area contributed by atoms with Crippen LogP contribution in [0.4, 0.5) is 11.4 Å². The van der Waals surface area contributed by atoms with Crippen molar-refractivity contribution in [1.29, 1.82) is 5.26 Å². The third-order valence-corrected chi connectivity index (χ3v) is 5.06. The average Bonchev–Trinajstić information content (AvgIpc) is 2.80. The number of ether oxygens (including phenoxy) is 1. The first-order chi connectivity index (χ1) is 15.9. The molecule has 0 radical (unpaired) electrons. The van der Waals surface area contributed by atoms with Crippen molar-refractivity contribution in [3.63, 3.8) is 0 Å². The number of hydrogen-bond donors (Lipinski definition) is 2. The maximum atomic E-state index is 12.6. The first-order valence-corrected chi connectivity index (χ1v) is 10.5. The van der Waals surface area contributed by atoms with Gasteiger partial charge in [0.1, 0.15) is 17.4 Å². The molecular weight excluding hydrogens is 438 g/mol. The van der Waals surface area contributed by atoms with Gasteiger partial charge in [-0.2, -0.15) is 5.26 Å². The Labute approximate surface area is 197 Å². The summed E-state index contributed by atoms with van der Waals surface area (Å²) in [5, 5.41) is 15.3. The maximum absolute atomic E-state index is 12.6. The monoisotopic (exact) mass is 459 g/mol. The van der Waals surface area contributed by atoms with Gasteiger partial charge in [0.25, 0.3) is 11.8 Å². The lowest BCUT2D eigenvalue weighted by atomic mass is 10.1. The molecule has 0 saturated heterocycles. The number of benzene rings is 3. The molecule has 0 aliphatic carbocycles. The molecule has 166 valence electrons. The van der Waals surface area contributed by atoms with Crippen LogP contribution in [0.15, 0.2) is 72.3 Å². The highest BCUT2D eigenvalue weighted by atomic mass is 35.5. The summed E-state index contributed by atoms with van der Waals surface area (Å²) in [6.45, 7) is 3.63. The third kappa shape index (κ3) is 6.45. The van der Waals surface area contributed by atoms with Gasteiger partial charge in [0, 0.05) is 11.3 Å². The third-order valence-electron chi connectivity index (χ3n) is 4.73. The quantitative estimate of drug-likeness (QED) is 0.359. The summed E-state index contributed by atoms with van der Waals surface area (Å²) in [5.74, 6) is -0.556. The largest absolute Gasteiger partial charge is 0.483 e. The van der Waals surface area contributed by atoms with Gasteiger partial charge in [0.05, 0.1) is 10.7 Å². The number of rotatable bonds is 7. The molecule has 3 aromatic carbocycles. The fourth-order valence-electron chi connectivity index (χ4n) is 2.99. The fraction of sp³-hybridized carbons (Fsp3) is 0.115. The fourth-order valence-corrected chi connectivity index (χ4v) is 3.17. The Kier molecular flexibility index (Phi) is 7.85. The summed E-state index contributed by atoms with van der Waals surface area (Å²) >= 11 is 6.07.